The molecule has 0 spiro atoms. The number of aromatic hydroxyl groups is 2. The zero-order valence-corrected chi connectivity index (χ0v) is 39.6. The summed E-state index contributed by atoms with van der Waals surface area (Å²) in [5.41, 5.74) is -1.53. The molecule has 5 aliphatic heterocycles. The number of phenols is 2. The van der Waals surface area contributed by atoms with Crippen LogP contribution in [0, 0.1) is 0 Å². The van der Waals surface area contributed by atoms with Gasteiger partial charge in [-0.25, -0.2) is 9.59 Å². The highest BCUT2D eigenvalue weighted by Crippen LogP contribution is 2.41. The summed E-state index contributed by atoms with van der Waals surface area (Å²) in [6.45, 7) is -2.28. The number of hydrogen-bond donors (Lipinski definition) is 14. The van der Waals surface area contributed by atoms with E-state index in [1.807, 2.05) is 0 Å². The quantitative estimate of drug-likeness (QED) is 0.0490. The van der Waals surface area contributed by atoms with Crippen LogP contribution in [0.1, 0.15) is 25.0 Å². The molecule has 22 atom stereocenters. The van der Waals surface area contributed by atoms with E-state index in [0.717, 1.165) is 12.2 Å². The predicted octanol–water partition coefficient (Wildman–Crippen LogP) is -5.29. The number of phenolic OH excluding ortho intramolecular Hbond substituents is 2. The lowest BCUT2D eigenvalue weighted by atomic mass is 9.95. The topological polar surface area (TPSA) is 419 Å². The normalized spacial score (nSPS) is 41.7. The standard InChI is InChI=1S/C47H62O27/c1-20-30(55)32(57)34(59)42(66-20)70-36-21(2)67-43(35(60)33(36)58)71-38-37(69-29(54)14-8-23-5-11-25(52)12-6-23)27(16-49)68-44(39(38)72-45-41(62)46(63,17-50)18-65-45)74-47(40(61)31(56)26(15-48)73-47)19-64-28(53)13-7-22-3-9-24(51)10-4-22/h3-14,20-21,26-27,30-45,48-52,55-63H,15-19H2,1-2H3/b13-7+,14-8+. The SMILES string of the molecule is CC1OC(OC2C(C)OC(OC3C(OC(=O)/C=C/c4ccc(O)cc4)C(CO)OC(OC4(COC(=O)/C=C/c5ccc(O)cc5)OC(CO)C(O)C4O)C3OC3OCC(O)(CO)C3O)C(O)C2O)C(O)C(O)C1O. The van der Waals surface area contributed by atoms with E-state index in [0.29, 0.717) is 11.1 Å². The fourth-order valence-corrected chi connectivity index (χ4v) is 8.71. The molecule has 22 unspecified atom stereocenters. The van der Waals surface area contributed by atoms with E-state index >= 15 is 0 Å². The Hall–Kier alpha value is -4.38. The number of benzene rings is 2. The highest BCUT2D eigenvalue weighted by atomic mass is 16.8. The lowest BCUT2D eigenvalue weighted by Crippen LogP contribution is -2.68. The monoisotopic (exact) mass is 1060 g/mol. The van der Waals surface area contributed by atoms with Crippen molar-refractivity contribution in [1.29, 1.82) is 0 Å². The minimum absolute atomic E-state index is 0.0546. The molecule has 5 saturated heterocycles. The van der Waals surface area contributed by atoms with E-state index in [-0.39, 0.29) is 11.5 Å². The molecule has 2 aromatic carbocycles. The maximum atomic E-state index is 13.7. The molecular formula is C47H62O27. The Labute approximate surface area is 421 Å². The van der Waals surface area contributed by atoms with Crippen LogP contribution in [-0.4, -0.2) is 251 Å². The number of carbonyl (C=O) groups is 2. The van der Waals surface area contributed by atoms with Crippen molar-refractivity contribution in [3.05, 3.63) is 71.8 Å². The number of rotatable bonds is 18. The molecule has 0 aromatic heterocycles. The molecule has 27 heteroatoms. The molecule has 5 heterocycles. The summed E-state index contributed by atoms with van der Waals surface area (Å²) >= 11 is 0. The van der Waals surface area contributed by atoms with Crippen LogP contribution in [0.4, 0.5) is 0 Å². The molecule has 7 rings (SSSR count). The lowest BCUT2D eigenvalue weighted by Gasteiger charge is -2.50. The summed E-state index contributed by atoms with van der Waals surface area (Å²) in [6, 6.07) is 11.2. The Morgan fingerprint density at radius 2 is 1.14 bits per heavy atom. The molecule has 5 aliphatic rings. The highest BCUT2D eigenvalue weighted by molar-refractivity contribution is 5.87. The van der Waals surface area contributed by atoms with Crippen LogP contribution in [0.3, 0.4) is 0 Å². The van der Waals surface area contributed by atoms with Crippen LogP contribution in [0.2, 0.25) is 0 Å². The summed E-state index contributed by atoms with van der Waals surface area (Å²) in [4.78, 5) is 26.9. The molecular weight excluding hydrogens is 996 g/mol. The number of carbonyl (C=O) groups excluding carboxylic acids is 2. The van der Waals surface area contributed by atoms with Crippen molar-refractivity contribution in [1.82, 2.24) is 0 Å². The van der Waals surface area contributed by atoms with Crippen LogP contribution in [0.5, 0.6) is 11.5 Å². The van der Waals surface area contributed by atoms with Crippen molar-refractivity contribution in [2.24, 2.45) is 0 Å². The Kier molecular flexibility index (Phi) is 18.8. The first kappa shape index (κ1) is 57.3. The van der Waals surface area contributed by atoms with E-state index in [9.17, 15) is 81.1 Å². The summed E-state index contributed by atoms with van der Waals surface area (Å²) < 4.78 is 64.8. The zero-order chi connectivity index (χ0) is 53.8. The van der Waals surface area contributed by atoms with Crippen LogP contribution < -0.4 is 0 Å². The van der Waals surface area contributed by atoms with Crippen molar-refractivity contribution >= 4 is 24.1 Å². The zero-order valence-electron chi connectivity index (χ0n) is 39.6. The second-order valence-electron chi connectivity index (χ2n) is 18.3. The molecule has 0 saturated carbocycles. The Morgan fingerprint density at radius 3 is 1.69 bits per heavy atom. The minimum Gasteiger partial charge on any atom is -0.508 e. The lowest BCUT2D eigenvalue weighted by molar-refractivity contribution is -0.414. The van der Waals surface area contributed by atoms with Crippen molar-refractivity contribution in [3.8, 4) is 11.5 Å². The van der Waals surface area contributed by atoms with Crippen LogP contribution in [0.25, 0.3) is 12.2 Å². The second kappa shape index (κ2) is 24.3. The van der Waals surface area contributed by atoms with Crippen LogP contribution in [-0.2, 0) is 61.7 Å². The molecule has 74 heavy (non-hydrogen) atoms. The van der Waals surface area contributed by atoms with Gasteiger partial charge in [-0.15, -0.1) is 0 Å². The number of ether oxygens (including phenoxy) is 11. The molecule has 2 aromatic rings. The van der Waals surface area contributed by atoms with Gasteiger partial charge in [-0.3, -0.25) is 0 Å². The largest absolute Gasteiger partial charge is 0.508 e. The average Bonchev–Trinajstić information content (AvgIpc) is 3.81. The third-order valence-corrected chi connectivity index (χ3v) is 13.1. The number of hydrogen-bond acceptors (Lipinski definition) is 27. The maximum Gasteiger partial charge on any atom is 0.331 e. The Morgan fingerprint density at radius 1 is 0.595 bits per heavy atom. The Balaban J connectivity index is 1.25. The molecule has 0 radical (unpaired) electrons. The number of esters is 2. The second-order valence-corrected chi connectivity index (χ2v) is 18.3. The smallest absolute Gasteiger partial charge is 0.331 e. The van der Waals surface area contributed by atoms with E-state index < -0.39 is 179 Å². The fourth-order valence-electron chi connectivity index (χ4n) is 8.71. The van der Waals surface area contributed by atoms with Gasteiger partial charge in [0.05, 0.1) is 38.6 Å². The summed E-state index contributed by atoms with van der Waals surface area (Å²) in [6.07, 6.45) is -32.6. The van der Waals surface area contributed by atoms with Gasteiger partial charge in [0, 0.05) is 12.2 Å². The van der Waals surface area contributed by atoms with E-state index in [1.165, 1.54) is 74.5 Å². The summed E-state index contributed by atoms with van der Waals surface area (Å²) in [7, 11) is 0. The number of aliphatic hydroxyl groups is 12. The van der Waals surface area contributed by atoms with Gasteiger partial charge in [0.25, 0.3) is 0 Å². The van der Waals surface area contributed by atoms with Gasteiger partial charge in [-0.1, -0.05) is 24.3 Å². The van der Waals surface area contributed by atoms with Gasteiger partial charge in [0.1, 0.15) is 103 Å². The fraction of sp³-hybridized carbons (Fsp3) is 0.617. The van der Waals surface area contributed by atoms with Gasteiger partial charge in [-0.2, -0.15) is 0 Å². The molecule has 0 amide bonds. The van der Waals surface area contributed by atoms with E-state index in [2.05, 4.69) is 0 Å². The van der Waals surface area contributed by atoms with E-state index in [1.54, 1.807) is 0 Å². The third-order valence-electron chi connectivity index (χ3n) is 13.1. The number of aliphatic hydroxyl groups excluding tert-OH is 11. The van der Waals surface area contributed by atoms with E-state index in [4.69, 9.17) is 52.1 Å². The highest BCUT2D eigenvalue weighted by Gasteiger charge is 2.63. The molecule has 0 bridgehead atoms. The third kappa shape index (κ3) is 12.6. The van der Waals surface area contributed by atoms with Gasteiger partial charge >= 0.3 is 11.9 Å². The predicted molar refractivity (Wildman–Crippen MR) is 240 cm³/mol. The molecule has 14 N–H and O–H groups in total. The van der Waals surface area contributed by atoms with Gasteiger partial charge in [0.2, 0.25) is 5.79 Å². The average molecular weight is 1060 g/mol. The van der Waals surface area contributed by atoms with Crippen LogP contribution in [0.15, 0.2) is 60.7 Å². The van der Waals surface area contributed by atoms with Gasteiger partial charge in [0.15, 0.2) is 31.3 Å². The molecule has 412 valence electrons. The first-order chi connectivity index (χ1) is 35.1. The van der Waals surface area contributed by atoms with Crippen molar-refractivity contribution < 1.29 is 133 Å². The molecule has 0 aliphatic carbocycles. The van der Waals surface area contributed by atoms with Crippen LogP contribution >= 0.6 is 0 Å². The maximum absolute atomic E-state index is 13.7. The van der Waals surface area contributed by atoms with Crippen molar-refractivity contribution in [3.63, 3.8) is 0 Å². The summed E-state index contributed by atoms with van der Waals surface area (Å²) in [5, 5.41) is 150. The molecule has 27 nitrogen and oxygen atoms in total. The first-order valence-electron chi connectivity index (χ1n) is 23.3. The summed E-state index contributed by atoms with van der Waals surface area (Å²) in [5.74, 6) is -5.14. The first-order valence-corrected chi connectivity index (χ1v) is 23.3. The van der Waals surface area contributed by atoms with Gasteiger partial charge in [-0.05, 0) is 61.4 Å². The van der Waals surface area contributed by atoms with Crippen molar-refractivity contribution in [2.45, 2.75) is 148 Å². The van der Waals surface area contributed by atoms with Crippen molar-refractivity contribution in [2.75, 3.05) is 33.0 Å². The molecule has 5 fully saturated rings. The Bertz CT molecular complexity index is 2220. The van der Waals surface area contributed by atoms with Gasteiger partial charge < -0.3 is 124 Å². The minimum atomic E-state index is -2.76.